The van der Waals surface area contributed by atoms with Crippen molar-refractivity contribution in [2.75, 3.05) is 0 Å². The van der Waals surface area contributed by atoms with Gasteiger partial charge in [0.25, 0.3) is 0 Å². The summed E-state index contributed by atoms with van der Waals surface area (Å²) in [6.45, 7) is 7.02. The Labute approximate surface area is 142 Å². The van der Waals surface area contributed by atoms with Crippen molar-refractivity contribution in [3.8, 4) is 0 Å². The smallest absolute Gasteiger partial charge is 0.299 e. The second-order valence-corrected chi connectivity index (χ2v) is 7.12. The van der Waals surface area contributed by atoms with Crippen LogP contribution < -0.4 is 0 Å². The third-order valence-electron chi connectivity index (χ3n) is 5.78. The van der Waals surface area contributed by atoms with Gasteiger partial charge in [-0.05, 0) is 50.4 Å². The molecule has 0 radical (unpaired) electrons. The van der Waals surface area contributed by atoms with Crippen molar-refractivity contribution in [2.45, 2.75) is 58.5 Å². The van der Waals surface area contributed by atoms with Crippen molar-refractivity contribution in [1.29, 1.82) is 0 Å². The van der Waals surface area contributed by atoms with Gasteiger partial charge in [-0.3, -0.25) is 4.79 Å². The fourth-order valence-corrected chi connectivity index (χ4v) is 4.15. The van der Waals surface area contributed by atoms with Gasteiger partial charge in [-0.2, -0.15) is 13.2 Å². The second-order valence-electron chi connectivity index (χ2n) is 7.12. The predicted molar refractivity (Wildman–Crippen MR) is 90.4 cm³/mol. The minimum absolute atomic E-state index is 0.253. The van der Waals surface area contributed by atoms with Crippen molar-refractivity contribution >= 4 is 5.78 Å². The van der Waals surface area contributed by atoms with Crippen molar-refractivity contribution < 1.29 is 18.0 Å². The van der Waals surface area contributed by atoms with Gasteiger partial charge < -0.3 is 0 Å². The van der Waals surface area contributed by atoms with Crippen LogP contribution in [0.3, 0.4) is 0 Å². The third kappa shape index (κ3) is 4.20. The molecular formula is C20H27F3O. The number of Topliss-reactive ketones (excluding diaryl/α,β-unsaturated/α-hetero) is 1. The Balaban J connectivity index is 1.73. The summed E-state index contributed by atoms with van der Waals surface area (Å²) in [6, 6.07) is 0. The quantitative estimate of drug-likeness (QED) is 0.493. The molecule has 2 rings (SSSR count). The molecule has 0 aromatic heterocycles. The van der Waals surface area contributed by atoms with Crippen LogP contribution in [-0.4, -0.2) is 12.0 Å². The van der Waals surface area contributed by atoms with Gasteiger partial charge >= 0.3 is 6.18 Å². The normalized spacial score (nSPS) is 29.8. The molecule has 1 nitrogen and oxygen atoms in total. The Morgan fingerprint density at radius 1 is 1.21 bits per heavy atom. The average Bonchev–Trinajstić information content (AvgIpc) is 2.50. The second kappa shape index (κ2) is 7.71. The first-order valence-corrected chi connectivity index (χ1v) is 8.90. The number of allylic oxidation sites excluding steroid dienone is 5. The zero-order chi connectivity index (χ0) is 17.9. The van der Waals surface area contributed by atoms with E-state index in [1.165, 1.54) is 18.9 Å². The Kier molecular flexibility index (Phi) is 6.11. The number of carbonyl (C=O) groups is 1. The maximum absolute atomic E-state index is 12.4. The molecule has 4 heteroatoms. The number of halogens is 3. The van der Waals surface area contributed by atoms with Gasteiger partial charge in [0.15, 0.2) is 0 Å². The first kappa shape index (κ1) is 19.0. The summed E-state index contributed by atoms with van der Waals surface area (Å²) >= 11 is 0. The van der Waals surface area contributed by atoms with Crippen LogP contribution in [0.15, 0.2) is 36.0 Å². The van der Waals surface area contributed by atoms with E-state index in [1.54, 1.807) is 13.0 Å². The zero-order valence-electron chi connectivity index (χ0n) is 14.5. The van der Waals surface area contributed by atoms with Gasteiger partial charge in [-0.25, -0.2) is 0 Å². The van der Waals surface area contributed by atoms with Gasteiger partial charge in [0.1, 0.15) is 5.78 Å². The van der Waals surface area contributed by atoms with Crippen LogP contribution in [0.4, 0.5) is 13.2 Å². The summed E-state index contributed by atoms with van der Waals surface area (Å²) in [7, 11) is 0. The molecule has 4 atom stereocenters. The maximum atomic E-state index is 12.4. The number of ketones is 1. The Morgan fingerprint density at radius 3 is 2.46 bits per heavy atom. The van der Waals surface area contributed by atoms with E-state index in [0.29, 0.717) is 31.0 Å². The van der Waals surface area contributed by atoms with Crippen LogP contribution in [0.2, 0.25) is 0 Å². The van der Waals surface area contributed by atoms with Crippen LogP contribution in [-0.2, 0) is 4.79 Å². The fraction of sp³-hybridized carbons (Fsp3) is 0.650. The summed E-state index contributed by atoms with van der Waals surface area (Å²) in [6.07, 6.45) is 5.26. The molecule has 0 bridgehead atoms. The number of fused-ring (bicyclic) bond motifs is 1. The highest BCUT2D eigenvalue weighted by molar-refractivity contribution is 5.82. The van der Waals surface area contributed by atoms with E-state index in [2.05, 4.69) is 13.5 Å². The molecule has 2 fully saturated rings. The highest BCUT2D eigenvalue weighted by atomic mass is 19.4. The van der Waals surface area contributed by atoms with E-state index in [1.807, 2.05) is 0 Å². The lowest BCUT2D eigenvalue weighted by Crippen LogP contribution is -2.54. The molecule has 2 aliphatic rings. The molecule has 2 aliphatic carbocycles. The van der Waals surface area contributed by atoms with Crippen molar-refractivity contribution in [1.82, 2.24) is 0 Å². The monoisotopic (exact) mass is 340 g/mol. The lowest BCUT2D eigenvalue weighted by Gasteiger charge is -2.58. The van der Waals surface area contributed by atoms with Gasteiger partial charge in [0, 0.05) is 17.9 Å². The molecule has 0 aliphatic heterocycles. The first-order valence-electron chi connectivity index (χ1n) is 8.90. The molecule has 134 valence electrons. The number of carbonyl (C=O) groups excluding carboxylic acids is 1. The minimum atomic E-state index is -4.38. The summed E-state index contributed by atoms with van der Waals surface area (Å²) in [5.41, 5.74) is -0.0382. The molecule has 0 heterocycles. The minimum Gasteiger partial charge on any atom is -0.299 e. The first-order chi connectivity index (χ1) is 11.3. The van der Waals surface area contributed by atoms with Crippen LogP contribution in [0.25, 0.3) is 0 Å². The Bertz CT molecular complexity index is 542. The molecule has 4 unspecified atom stereocenters. The molecule has 0 aromatic rings. The van der Waals surface area contributed by atoms with Crippen LogP contribution in [0.1, 0.15) is 52.4 Å². The molecular weight excluding hydrogens is 313 g/mol. The summed E-state index contributed by atoms with van der Waals surface area (Å²) < 4.78 is 37.2. The SMILES string of the molecule is C=C(/C=C\C(=C/C)CCCC(=O)C1CC2CC(CC)C21)C(F)(F)F. The lowest BCUT2D eigenvalue weighted by molar-refractivity contribution is -0.147. The van der Waals surface area contributed by atoms with Gasteiger partial charge in [0.05, 0.1) is 0 Å². The number of rotatable bonds is 8. The Morgan fingerprint density at radius 2 is 1.92 bits per heavy atom. The van der Waals surface area contributed by atoms with Crippen molar-refractivity contribution in [2.24, 2.45) is 23.7 Å². The van der Waals surface area contributed by atoms with Crippen molar-refractivity contribution in [3.05, 3.63) is 36.0 Å². The summed E-state index contributed by atoms with van der Waals surface area (Å²) in [4.78, 5) is 12.3. The van der Waals surface area contributed by atoms with E-state index >= 15 is 0 Å². The van der Waals surface area contributed by atoms with E-state index in [4.69, 9.17) is 0 Å². The largest absolute Gasteiger partial charge is 0.415 e. The lowest BCUT2D eigenvalue weighted by atomic mass is 9.46. The average molecular weight is 340 g/mol. The standard InChI is InChI=1S/C20H27F3O/c1-4-14(10-9-13(3)20(21,22)23)7-6-8-18(24)17-12-16-11-15(5-2)19(16)17/h4,9-10,15-17,19H,3,5-8,11-12H2,1-2H3/b10-9-,14-4-. The Hall–Kier alpha value is -1.32. The highest BCUT2D eigenvalue weighted by Crippen LogP contribution is 2.59. The molecule has 0 saturated heterocycles. The van der Waals surface area contributed by atoms with Gasteiger partial charge in [-0.15, -0.1) is 0 Å². The van der Waals surface area contributed by atoms with Crippen LogP contribution >= 0.6 is 0 Å². The number of hydrogen-bond donors (Lipinski definition) is 0. The van der Waals surface area contributed by atoms with E-state index in [-0.39, 0.29) is 5.92 Å². The summed E-state index contributed by atoms with van der Waals surface area (Å²) in [5.74, 6) is 2.75. The number of hydrogen-bond acceptors (Lipinski definition) is 1. The molecule has 2 saturated carbocycles. The summed E-state index contributed by atoms with van der Waals surface area (Å²) in [5, 5.41) is 0. The molecule has 0 aromatic carbocycles. The van der Waals surface area contributed by atoms with Gasteiger partial charge in [-0.1, -0.05) is 43.7 Å². The van der Waals surface area contributed by atoms with E-state index < -0.39 is 11.7 Å². The predicted octanol–water partition coefficient (Wildman–Crippen LogP) is 6.03. The molecule has 0 spiro atoms. The maximum Gasteiger partial charge on any atom is 0.415 e. The van der Waals surface area contributed by atoms with Crippen LogP contribution in [0, 0.1) is 23.7 Å². The fourth-order valence-electron chi connectivity index (χ4n) is 4.15. The van der Waals surface area contributed by atoms with Crippen molar-refractivity contribution in [3.63, 3.8) is 0 Å². The number of alkyl halides is 3. The molecule has 0 amide bonds. The van der Waals surface area contributed by atoms with Crippen LogP contribution in [0.5, 0.6) is 0 Å². The van der Waals surface area contributed by atoms with Gasteiger partial charge in [0.2, 0.25) is 0 Å². The highest BCUT2D eigenvalue weighted by Gasteiger charge is 2.54. The topological polar surface area (TPSA) is 17.1 Å². The molecule has 24 heavy (non-hydrogen) atoms. The molecule has 0 N–H and O–H groups in total. The third-order valence-corrected chi connectivity index (χ3v) is 5.78. The van der Waals surface area contributed by atoms with E-state index in [0.717, 1.165) is 29.9 Å². The zero-order valence-corrected chi connectivity index (χ0v) is 14.5. The van der Waals surface area contributed by atoms with E-state index in [9.17, 15) is 18.0 Å².